The summed E-state index contributed by atoms with van der Waals surface area (Å²) in [6.45, 7) is 1.92. The number of aromatic nitrogens is 3. The highest BCUT2D eigenvalue weighted by atomic mass is 35.5. The lowest BCUT2D eigenvalue weighted by Gasteiger charge is -2.09. The average Bonchev–Trinajstić information content (AvgIpc) is 2.63. The Morgan fingerprint density at radius 2 is 1.72 bits per heavy atom. The molecule has 4 aromatic rings. The average molecular weight is 350 g/mol. The van der Waals surface area contributed by atoms with Crippen LogP contribution >= 0.6 is 11.6 Å². The summed E-state index contributed by atoms with van der Waals surface area (Å²) < 4.78 is 14.0. The first-order valence-electron chi connectivity index (χ1n) is 7.78. The van der Waals surface area contributed by atoms with Gasteiger partial charge in [0.2, 0.25) is 0 Å². The van der Waals surface area contributed by atoms with Gasteiger partial charge in [0, 0.05) is 16.6 Å². The molecule has 2 aromatic heterocycles. The standard InChI is InChI=1S/C20H13ClFN3/c1-12-5-4-8-18(23-12)20-24-17-7-3-2-6-14(17)19(25-20)13-9-10-15(21)16(22)11-13/h2-11H,1H3. The van der Waals surface area contributed by atoms with Crippen LogP contribution < -0.4 is 0 Å². The molecule has 4 rings (SSSR count). The van der Waals surface area contributed by atoms with Crippen LogP contribution in [0.2, 0.25) is 5.02 Å². The van der Waals surface area contributed by atoms with Crippen molar-refractivity contribution in [3.05, 3.63) is 77.2 Å². The lowest BCUT2D eigenvalue weighted by molar-refractivity contribution is 0.628. The topological polar surface area (TPSA) is 38.7 Å². The third kappa shape index (κ3) is 2.96. The number of benzene rings is 2. The van der Waals surface area contributed by atoms with Gasteiger partial charge in [-0.25, -0.2) is 19.3 Å². The van der Waals surface area contributed by atoms with Gasteiger partial charge in [-0.15, -0.1) is 0 Å². The Balaban J connectivity index is 2.00. The van der Waals surface area contributed by atoms with Crippen LogP contribution in [0.3, 0.4) is 0 Å². The van der Waals surface area contributed by atoms with E-state index in [-0.39, 0.29) is 5.02 Å². The summed E-state index contributed by atoms with van der Waals surface area (Å²) in [4.78, 5) is 13.8. The van der Waals surface area contributed by atoms with Crippen molar-refractivity contribution in [2.24, 2.45) is 0 Å². The van der Waals surface area contributed by atoms with Crippen LogP contribution in [0.4, 0.5) is 4.39 Å². The highest BCUT2D eigenvalue weighted by molar-refractivity contribution is 6.30. The van der Waals surface area contributed by atoms with Crippen molar-refractivity contribution in [2.75, 3.05) is 0 Å². The second-order valence-corrected chi connectivity index (χ2v) is 6.11. The minimum Gasteiger partial charge on any atom is -0.250 e. The van der Waals surface area contributed by atoms with Gasteiger partial charge in [0.05, 0.1) is 16.2 Å². The number of nitrogens with zero attached hydrogens (tertiary/aromatic N) is 3. The normalized spacial score (nSPS) is 11.0. The van der Waals surface area contributed by atoms with E-state index >= 15 is 0 Å². The molecule has 0 saturated carbocycles. The molecule has 0 aliphatic rings. The molecular weight excluding hydrogens is 337 g/mol. The highest BCUT2D eigenvalue weighted by Gasteiger charge is 2.13. The Bertz CT molecular complexity index is 1100. The first kappa shape index (κ1) is 15.7. The third-order valence-corrected chi connectivity index (χ3v) is 4.22. The smallest absolute Gasteiger partial charge is 0.179 e. The Hall–Kier alpha value is -2.85. The van der Waals surface area contributed by atoms with Crippen molar-refractivity contribution in [3.8, 4) is 22.8 Å². The van der Waals surface area contributed by atoms with E-state index in [0.29, 0.717) is 22.8 Å². The molecule has 0 aliphatic carbocycles. The maximum absolute atomic E-state index is 14.0. The first-order valence-corrected chi connectivity index (χ1v) is 8.16. The van der Waals surface area contributed by atoms with Gasteiger partial charge in [0.15, 0.2) is 5.82 Å². The van der Waals surface area contributed by atoms with Gasteiger partial charge in [-0.1, -0.05) is 41.9 Å². The van der Waals surface area contributed by atoms with Gasteiger partial charge in [-0.05, 0) is 37.3 Å². The van der Waals surface area contributed by atoms with Crippen LogP contribution in [0.15, 0.2) is 60.7 Å². The number of para-hydroxylation sites is 1. The number of fused-ring (bicyclic) bond motifs is 1. The third-order valence-electron chi connectivity index (χ3n) is 3.91. The fourth-order valence-corrected chi connectivity index (χ4v) is 2.84. The van der Waals surface area contributed by atoms with Crippen LogP contribution in [0.1, 0.15) is 5.69 Å². The van der Waals surface area contributed by atoms with E-state index in [4.69, 9.17) is 11.6 Å². The van der Waals surface area contributed by atoms with Crippen LogP contribution in [-0.4, -0.2) is 15.0 Å². The lowest BCUT2D eigenvalue weighted by Crippen LogP contribution is -1.97. The van der Waals surface area contributed by atoms with Crippen LogP contribution in [0, 0.1) is 12.7 Å². The lowest BCUT2D eigenvalue weighted by atomic mass is 10.1. The molecule has 0 spiro atoms. The predicted octanol–water partition coefficient (Wildman–Crippen LogP) is 5.46. The molecule has 122 valence electrons. The maximum Gasteiger partial charge on any atom is 0.179 e. The molecule has 3 nitrogen and oxygen atoms in total. The minimum absolute atomic E-state index is 0.0858. The predicted molar refractivity (Wildman–Crippen MR) is 97.9 cm³/mol. The van der Waals surface area contributed by atoms with E-state index < -0.39 is 5.82 Å². The van der Waals surface area contributed by atoms with E-state index in [2.05, 4.69) is 15.0 Å². The summed E-state index contributed by atoms with van der Waals surface area (Å²) in [6, 6.07) is 18.0. The molecule has 0 radical (unpaired) electrons. The van der Waals surface area contributed by atoms with Crippen molar-refractivity contribution in [1.29, 1.82) is 0 Å². The van der Waals surface area contributed by atoms with E-state index in [1.165, 1.54) is 12.1 Å². The fraction of sp³-hybridized carbons (Fsp3) is 0.0500. The highest BCUT2D eigenvalue weighted by Crippen LogP contribution is 2.30. The van der Waals surface area contributed by atoms with Gasteiger partial charge >= 0.3 is 0 Å². The zero-order valence-corrected chi connectivity index (χ0v) is 14.1. The Morgan fingerprint density at radius 1 is 0.880 bits per heavy atom. The molecule has 25 heavy (non-hydrogen) atoms. The molecule has 0 aliphatic heterocycles. The number of halogens is 2. The Labute approximate surface area is 149 Å². The van der Waals surface area contributed by atoms with Gasteiger partial charge in [-0.2, -0.15) is 0 Å². The van der Waals surface area contributed by atoms with Crippen molar-refractivity contribution < 1.29 is 4.39 Å². The molecule has 0 saturated heterocycles. The molecule has 2 aromatic carbocycles. The quantitative estimate of drug-likeness (QED) is 0.482. The monoisotopic (exact) mass is 349 g/mol. The van der Waals surface area contributed by atoms with Gasteiger partial charge in [0.25, 0.3) is 0 Å². The summed E-state index contributed by atoms with van der Waals surface area (Å²) >= 11 is 5.81. The minimum atomic E-state index is -0.475. The summed E-state index contributed by atoms with van der Waals surface area (Å²) in [5.74, 6) is 0.0323. The summed E-state index contributed by atoms with van der Waals surface area (Å²) in [5, 5.41) is 0.934. The largest absolute Gasteiger partial charge is 0.250 e. The van der Waals surface area contributed by atoms with Crippen LogP contribution in [0.25, 0.3) is 33.7 Å². The van der Waals surface area contributed by atoms with Crippen molar-refractivity contribution in [3.63, 3.8) is 0 Å². The van der Waals surface area contributed by atoms with Crippen LogP contribution in [-0.2, 0) is 0 Å². The maximum atomic E-state index is 14.0. The molecule has 0 fully saturated rings. The molecule has 0 amide bonds. The Kier molecular flexibility index (Phi) is 3.90. The van der Waals surface area contributed by atoms with Gasteiger partial charge in [0.1, 0.15) is 11.5 Å². The second kappa shape index (κ2) is 6.22. The summed E-state index contributed by atoms with van der Waals surface area (Å²) in [5.41, 5.74) is 3.64. The number of hydrogen-bond donors (Lipinski definition) is 0. The van der Waals surface area contributed by atoms with E-state index in [0.717, 1.165) is 16.6 Å². The molecule has 2 heterocycles. The first-order chi connectivity index (χ1) is 12.1. The molecular formula is C20H13ClFN3. The van der Waals surface area contributed by atoms with Crippen molar-refractivity contribution >= 4 is 22.5 Å². The molecule has 0 N–H and O–H groups in total. The van der Waals surface area contributed by atoms with E-state index in [9.17, 15) is 4.39 Å². The number of hydrogen-bond acceptors (Lipinski definition) is 3. The SMILES string of the molecule is Cc1cccc(-c2nc(-c3ccc(Cl)c(F)c3)c3ccccc3n2)n1. The van der Waals surface area contributed by atoms with E-state index in [1.54, 1.807) is 6.07 Å². The van der Waals surface area contributed by atoms with Crippen molar-refractivity contribution in [2.45, 2.75) is 6.92 Å². The van der Waals surface area contributed by atoms with E-state index in [1.807, 2.05) is 49.4 Å². The number of rotatable bonds is 2. The molecule has 0 bridgehead atoms. The molecule has 0 atom stereocenters. The van der Waals surface area contributed by atoms with Crippen molar-refractivity contribution in [1.82, 2.24) is 15.0 Å². The Morgan fingerprint density at radius 3 is 2.52 bits per heavy atom. The van der Waals surface area contributed by atoms with Gasteiger partial charge in [-0.3, -0.25) is 0 Å². The fourth-order valence-electron chi connectivity index (χ4n) is 2.72. The summed E-state index contributed by atoms with van der Waals surface area (Å²) in [6.07, 6.45) is 0. The van der Waals surface area contributed by atoms with Crippen LogP contribution in [0.5, 0.6) is 0 Å². The van der Waals surface area contributed by atoms with Gasteiger partial charge < -0.3 is 0 Å². The zero-order valence-electron chi connectivity index (χ0n) is 13.4. The molecule has 5 heteroatoms. The molecule has 0 unspecified atom stereocenters. The second-order valence-electron chi connectivity index (χ2n) is 5.71. The number of aryl methyl sites for hydroxylation is 1. The zero-order chi connectivity index (χ0) is 17.4. The number of pyridine rings is 1. The summed E-state index contributed by atoms with van der Waals surface area (Å²) in [7, 11) is 0.